The van der Waals surface area contributed by atoms with E-state index in [1.807, 2.05) is 6.07 Å². The lowest BCUT2D eigenvalue weighted by molar-refractivity contribution is 0.105. The molecule has 0 amide bonds. The number of hydrogen-bond acceptors (Lipinski definition) is 4. The van der Waals surface area contributed by atoms with E-state index in [4.69, 9.17) is 9.15 Å². The molecule has 3 aromatic rings. The number of thiophene rings is 1. The molecule has 0 fully saturated rings. The summed E-state index contributed by atoms with van der Waals surface area (Å²) in [5.41, 5.74) is 0. The number of benzene rings is 1. The van der Waals surface area contributed by atoms with Crippen LogP contribution in [0.5, 0.6) is 5.75 Å². The Kier molecular flexibility index (Phi) is 6.53. The fourth-order valence-electron chi connectivity index (χ4n) is 2.51. The zero-order chi connectivity index (χ0) is 21.0. The number of halogens is 4. The minimum absolute atomic E-state index is 0.100. The molecule has 29 heavy (non-hydrogen) atoms. The fraction of sp³-hybridized carbons (Fsp3) is 0.190. The Balaban J connectivity index is 1.64. The maximum Gasteiger partial charge on any atom is 0.203 e. The summed E-state index contributed by atoms with van der Waals surface area (Å²) in [4.78, 5) is 13.9. The molecule has 152 valence electrons. The SMILES string of the molecule is CCCc1ccc(C(=O)/C=C/c2ccc(COc3c(F)c(F)cc(F)c3F)o2)s1. The summed E-state index contributed by atoms with van der Waals surface area (Å²) < 4.78 is 63.8. The molecule has 2 heterocycles. The monoisotopic (exact) mass is 424 g/mol. The van der Waals surface area contributed by atoms with Crippen molar-refractivity contribution in [2.45, 2.75) is 26.4 Å². The summed E-state index contributed by atoms with van der Waals surface area (Å²) in [6.45, 7) is 1.61. The number of allylic oxidation sites excluding steroid dienone is 1. The molecule has 0 saturated carbocycles. The molecule has 0 aliphatic heterocycles. The largest absolute Gasteiger partial charge is 0.479 e. The highest BCUT2D eigenvalue weighted by atomic mass is 32.1. The molecule has 0 spiro atoms. The number of ether oxygens (including phenoxy) is 1. The summed E-state index contributed by atoms with van der Waals surface area (Å²) >= 11 is 1.43. The minimum Gasteiger partial charge on any atom is -0.479 e. The Bertz CT molecular complexity index is 1030. The van der Waals surface area contributed by atoms with Gasteiger partial charge >= 0.3 is 0 Å². The molecule has 0 N–H and O–H groups in total. The molecule has 3 nitrogen and oxygen atoms in total. The van der Waals surface area contributed by atoms with E-state index in [9.17, 15) is 22.4 Å². The molecule has 8 heteroatoms. The summed E-state index contributed by atoms with van der Waals surface area (Å²) in [5, 5.41) is 0. The molecule has 2 aromatic heterocycles. The first-order valence-electron chi connectivity index (χ1n) is 8.74. The van der Waals surface area contributed by atoms with Gasteiger partial charge in [0.05, 0.1) is 4.88 Å². The smallest absolute Gasteiger partial charge is 0.203 e. The molecule has 0 atom stereocenters. The van der Waals surface area contributed by atoms with Gasteiger partial charge in [0.25, 0.3) is 0 Å². The normalized spacial score (nSPS) is 11.3. The third-order valence-electron chi connectivity index (χ3n) is 3.91. The zero-order valence-electron chi connectivity index (χ0n) is 15.3. The van der Waals surface area contributed by atoms with Crippen molar-refractivity contribution in [3.05, 3.63) is 81.0 Å². The van der Waals surface area contributed by atoms with Crippen LogP contribution in [0, 0.1) is 23.3 Å². The van der Waals surface area contributed by atoms with Crippen LogP contribution in [0.15, 0.2) is 40.8 Å². The third-order valence-corrected chi connectivity index (χ3v) is 5.07. The molecule has 0 saturated heterocycles. The fourth-order valence-corrected chi connectivity index (χ4v) is 3.54. The Morgan fingerprint density at radius 2 is 1.83 bits per heavy atom. The van der Waals surface area contributed by atoms with Gasteiger partial charge in [-0.05, 0) is 42.8 Å². The first kappa shape index (κ1) is 20.9. The molecule has 3 rings (SSSR count). The second kappa shape index (κ2) is 9.09. The topological polar surface area (TPSA) is 39.4 Å². The van der Waals surface area contributed by atoms with Gasteiger partial charge in [0, 0.05) is 10.9 Å². The number of ketones is 1. The van der Waals surface area contributed by atoms with Gasteiger partial charge in [-0.1, -0.05) is 13.3 Å². The van der Waals surface area contributed by atoms with Gasteiger partial charge in [-0.15, -0.1) is 11.3 Å². The van der Waals surface area contributed by atoms with Crippen LogP contribution >= 0.6 is 11.3 Å². The number of rotatable bonds is 8. The highest BCUT2D eigenvalue weighted by molar-refractivity contribution is 7.14. The van der Waals surface area contributed by atoms with Gasteiger partial charge in [-0.25, -0.2) is 8.78 Å². The number of carbonyl (C=O) groups excluding carboxylic acids is 1. The Morgan fingerprint density at radius 1 is 1.10 bits per heavy atom. The minimum atomic E-state index is -1.63. The van der Waals surface area contributed by atoms with Crippen LogP contribution in [0.4, 0.5) is 17.6 Å². The number of carbonyl (C=O) groups is 1. The third kappa shape index (κ3) is 4.95. The first-order valence-corrected chi connectivity index (χ1v) is 9.56. The van der Waals surface area contributed by atoms with Crippen LogP contribution in [0.2, 0.25) is 0 Å². The number of hydrogen-bond donors (Lipinski definition) is 0. The quantitative estimate of drug-likeness (QED) is 0.184. The molecule has 0 unspecified atom stereocenters. The van der Waals surface area contributed by atoms with Crippen molar-refractivity contribution >= 4 is 23.2 Å². The Morgan fingerprint density at radius 3 is 2.52 bits per heavy atom. The van der Waals surface area contributed by atoms with E-state index < -0.39 is 35.6 Å². The predicted molar refractivity (Wildman–Crippen MR) is 101 cm³/mol. The van der Waals surface area contributed by atoms with Gasteiger partial charge in [0.1, 0.15) is 18.1 Å². The van der Waals surface area contributed by atoms with Crippen LogP contribution in [-0.2, 0) is 13.0 Å². The molecular formula is C21H16F4O3S. The van der Waals surface area contributed by atoms with E-state index in [1.165, 1.54) is 35.6 Å². The van der Waals surface area contributed by atoms with Crippen molar-refractivity contribution in [3.63, 3.8) is 0 Å². The molecule has 0 bridgehead atoms. The molecular weight excluding hydrogens is 408 g/mol. The van der Waals surface area contributed by atoms with Gasteiger partial charge in [-0.2, -0.15) is 8.78 Å². The first-order chi connectivity index (χ1) is 13.9. The van der Waals surface area contributed by atoms with Crippen LogP contribution < -0.4 is 4.74 Å². The van der Waals surface area contributed by atoms with E-state index in [1.54, 1.807) is 6.07 Å². The van der Waals surface area contributed by atoms with E-state index in [2.05, 4.69) is 6.92 Å². The molecule has 0 aliphatic carbocycles. The lowest BCUT2D eigenvalue weighted by Gasteiger charge is -2.08. The van der Waals surface area contributed by atoms with Crippen LogP contribution in [0.1, 0.15) is 39.4 Å². The van der Waals surface area contributed by atoms with Gasteiger partial charge in [0.2, 0.25) is 11.6 Å². The van der Waals surface area contributed by atoms with Crippen LogP contribution in [0.3, 0.4) is 0 Å². The lowest BCUT2D eigenvalue weighted by atomic mass is 10.2. The van der Waals surface area contributed by atoms with Crippen molar-refractivity contribution in [3.8, 4) is 5.75 Å². The van der Waals surface area contributed by atoms with Gasteiger partial charge in [0.15, 0.2) is 23.2 Å². The lowest BCUT2D eigenvalue weighted by Crippen LogP contribution is -2.03. The van der Waals surface area contributed by atoms with Crippen molar-refractivity contribution in [1.29, 1.82) is 0 Å². The maximum atomic E-state index is 13.6. The highest BCUT2D eigenvalue weighted by Gasteiger charge is 2.21. The maximum absolute atomic E-state index is 13.6. The summed E-state index contributed by atoms with van der Waals surface area (Å²) in [6, 6.07) is 6.78. The zero-order valence-corrected chi connectivity index (χ0v) is 16.1. The van der Waals surface area contributed by atoms with Gasteiger partial charge in [-0.3, -0.25) is 4.79 Å². The summed E-state index contributed by atoms with van der Waals surface area (Å²) in [5.74, 6) is -7.24. The Labute approximate surface area is 168 Å². The van der Waals surface area contributed by atoms with Crippen molar-refractivity contribution in [2.24, 2.45) is 0 Å². The molecule has 0 aliphatic rings. The van der Waals surface area contributed by atoms with E-state index in [0.717, 1.165) is 17.7 Å². The average Bonchev–Trinajstić information content (AvgIpc) is 3.34. The second-order valence-corrected chi connectivity index (χ2v) is 7.27. The number of furan rings is 1. The van der Waals surface area contributed by atoms with E-state index in [-0.39, 0.29) is 17.6 Å². The van der Waals surface area contributed by atoms with E-state index in [0.29, 0.717) is 10.6 Å². The highest BCUT2D eigenvalue weighted by Crippen LogP contribution is 2.27. The molecule has 0 radical (unpaired) electrons. The predicted octanol–water partition coefficient (Wildman–Crippen LogP) is 6.33. The second-order valence-electron chi connectivity index (χ2n) is 6.10. The van der Waals surface area contributed by atoms with E-state index >= 15 is 0 Å². The van der Waals surface area contributed by atoms with Crippen LogP contribution in [-0.4, -0.2) is 5.78 Å². The van der Waals surface area contributed by atoms with Crippen molar-refractivity contribution < 1.29 is 31.5 Å². The van der Waals surface area contributed by atoms with Crippen LogP contribution in [0.25, 0.3) is 6.08 Å². The molecule has 1 aromatic carbocycles. The summed E-state index contributed by atoms with van der Waals surface area (Å²) in [6.07, 6.45) is 4.72. The number of aryl methyl sites for hydroxylation is 1. The van der Waals surface area contributed by atoms with Crippen molar-refractivity contribution in [2.75, 3.05) is 0 Å². The van der Waals surface area contributed by atoms with Crippen molar-refractivity contribution in [1.82, 2.24) is 0 Å². The standard InChI is InChI=1S/C21H16F4O3S/c1-2-3-14-7-9-18(29-14)17(26)8-6-12-4-5-13(28-12)11-27-21-19(24)15(22)10-16(23)20(21)25/h4-10H,2-3,11H2,1H3/b8-6+. The van der Waals surface area contributed by atoms with Gasteiger partial charge < -0.3 is 9.15 Å². The Hall–Kier alpha value is -2.87. The summed E-state index contributed by atoms with van der Waals surface area (Å²) in [7, 11) is 0. The average molecular weight is 424 g/mol.